The lowest BCUT2D eigenvalue weighted by atomic mass is 10.3. The first-order valence-electron chi connectivity index (χ1n) is 4.62. The fraction of sp³-hybridized carbons (Fsp3) is 0.333. The summed E-state index contributed by atoms with van der Waals surface area (Å²) in [6.45, 7) is -0.228. The summed E-state index contributed by atoms with van der Waals surface area (Å²) < 4.78 is 26.5. The van der Waals surface area contributed by atoms with Crippen LogP contribution in [-0.2, 0) is 10.0 Å². The Morgan fingerprint density at radius 1 is 1.41 bits per heavy atom. The van der Waals surface area contributed by atoms with Gasteiger partial charge in [0.2, 0.25) is 10.0 Å². The Balaban J connectivity index is 3.34. The van der Waals surface area contributed by atoms with E-state index in [1.165, 1.54) is 13.1 Å². The molecule has 96 valence electrons. The number of rotatable bonds is 4. The molecule has 0 saturated carbocycles. The van der Waals surface area contributed by atoms with Crippen molar-refractivity contribution in [2.45, 2.75) is 4.90 Å². The molecule has 3 N–H and O–H groups in total. The molecule has 0 aromatic heterocycles. The van der Waals surface area contributed by atoms with E-state index in [9.17, 15) is 8.42 Å². The first kappa shape index (κ1) is 14.9. The van der Waals surface area contributed by atoms with Crippen molar-refractivity contribution in [2.24, 2.45) is 0 Å². The number of benzene rings is 1. The number of nitrogen functional groups attached to an aromatic ring is 1. The van der Waals surface area contributed by atoms with E-state index in [0.29, 0.717) is 8.95 Å². The van der Waals surface area contributed by atoms with Gasteiger partial charge < -0.3 is 10.8 Å². The highest BCUT2D eigenvalue weighted by Crippen LogP contribution is 2.33. The Morgan fingerprint density at radius 2 is 2.00 bits per heavy atom. The van der Waals surface area contributed by atoms with E-state index < -0.39 is 10.0 Å². The molecule has 0 aliphatic carbocycles. The summed E-state index contributed by atoms with van der Waals surface area (Å²) in [6.07, 6.45) is 0. The summed E-state index contributed by atoms with van der Waals surface area (Å²) in [5.41, 5.74) is 5.86. The molecule has 0 saturated heterocycles. The van der Waals surface area contributed by atoms with Crippen LogP contribution in [0.4, 0.5) is 5.69 Å². The van der Waals surface area contributed by atoms with Gasteiger partial charge in [0.25, 0.3) is 0 Å². The van der Waals surface area contributed by atoms with Gasteiger partial charge in [-0.3, -0.25) is 0 Å². The Bertz CT molecular complexity index is 496. The number of hydrogen-bond donors (Lipinski definition) is 2. The predicted octanol–water partition coefficient (Wildman–Crippen LogP) is 1.41. The van der Waals surface area contributed by atoms with Crippen LogP contribution < -0.4 is 5.73 Å². The van der Waals surface area contributed by atoms with E-state index in [4.69, 9.17) is 10.8 Å². The van der Waals surface area contributed by atoms with Crippen molar-refractivity contribution in [3.8, 4) is 0 Å². The Kier molecular flexibility index (Phi) is 4.96. The topological polar surface area (TPSA) is 83.6 Å². The van der Waals surface area contributed by atoms with Crippen LogP contribution in [0.3, 0.4) is 0 Å². The molecule has 0 atom stereocenters. The summed E-state index contributed by atoms with van der Waals surface area (Å²) in [7, 11) is -2.31. The van der Waals surface area contributed by atoms with Gasteiger partial charge in [-0.15, -0.1) is 0 Å². The Morgan fingerprint density at radius 3 is 2.47 bits per heavy atom. The second kappa shape index (κ2) is 5.66. The summed E-state index contributed by atoms with van der Waals surface area (Å²) in [4.78, 5) is 0.0108. The third kappa shape index (κ3) is 3.19. The van der Waals surface area contributed by atoms with E-state index in [-0.39, 0.29) is 23.7 Å². The summed E-state index contributed by atoms with van der Waals surface area (Å²) >= 11 is 6.40. The quantitative estimate of drug-likeness (QED) is 0.765. The fourth-order valence-corrected chi connectivity index (χ4v) is 4.44. The van der Waals surface area contributed by atoms with Crippen LogP contribution >= 0.6 is 31.9 Å². The van der Waals surface area contributed by atoms with Crippen LogP contribution in [-0.4, -0.2) is 38.0 Å². The summed E-state index contributed by atoms with van der Waals surface area (Å²) in [5, 5.41) is 8.77. The maximum Gasteiger partial charge on any atom is 0.246 e. The van der Waals surface area contributed by atoms with Crippen molar-refractivity contribution in [1.29, 1.82) is 0 Å². The molecule has 1 rings (SSSR count). The number of aliphatic hydroxyl groups is 1. The Hall–Kier alpha value is -0.150. The molecular weight excluding hydrogens is 376 g/mol. The zero-order chi connectivity index (χ0) is 13.2. The molecule has 0 radical (unpaired) electrons. The number of halogens is 2. The molecule has 1 aromatic carbocycles. The first-order chi connectivity index (χ1) is 7.80. The average Bonchev–Trinajstić information content (AvgIpc) is 2.15. The molecule has 1 aromatic rings. The lowest BCUT2D eigenvalue weighted by Gasteiger charge is -2.18. The summed E-state index contributed by atoms with van der Waals surface area (Å²) in [6, 6.07) is 3.13. The van der Waals surface area contributed by atoms with Crippen LogP contribution in [0.25, 0.3) is 0 Å². The third-order valence-electron chi connectivity index (χ3n) is 2.12. The van der Waals surface area contributed by atoms with Crippen molar-refractivity contribution in [3.05, 3.63) is 21.1 Å². The number of nitrogens with zero attached hydrogens (tertiary/aromatic N) is 1. The van der Waals surface area contributed by atoms with E-state index >= 15 is 0 Å². The van der Waals surface area contributed by atoms with Gasteiger partial charge in [0.1, 0.15) is 4.90 Å². The number of aliphatic hydroxyl groups excluding tert-OH is 1. The molecule has 17 heavy (non-hydrogen) atoms. The molecule has 0 aliphatic rings. The van der Waals surface area contributed by atoms with Crippen LogP contribution in [0, 0.1) is 0 Å². The van der Waals surface area contributed by atoms with Gasteiger partial charge in [0.15, 0.2) is 0 Å². The number of sulfonamides is 1. The van der Waals surface area contributed by atoms with E-state index in [1.807, 2.05) is 0 Å². The molecule has 0 heterocycles. The minimum absolute atomic E-state index is 0.0108. The highest BCUT2D eigenvalue weighted by Gasteiger charge is 2.25. The van der Waals surface area contributed by atoms with Crippen LogP contribution in [0.15, 0.2) is 26.0 Å². The zero-order valence-corrected chi connectivity index (χ0v) is 13.0. The van der Waals surface area contributed by atoms with Crippen molar-refractivity contribution in [3.63, 3.8) is 0 Å². The van der Waals surface area contributed by atoms with Gasteiger partial charge in [-0.05, 0) is 28.1 Å². The largest absolute Gasteiger partial charge is 0.398 e. The predicted molar refractivity (Wildman–Crippen MR) is 73.2 cm³/mol. The molecule has 0 spiro atoms. The lowest BCUT2D eigenvalue weighted by Crippen LogP contribution is -2.30. The van der Waals surface area contributed by atoms with Crippen molar-refractivity contribution >= 4 is 47.6 Å². The third-order valence-corrected chi connectivity index (χ3v) is 5.44. The molecular formula is C9H12Br2N2O3S. The zero-order valence-electron chi connectivity index (χ0n) is 9.02. The van der Waals surface area contributed by atoms with Gasteiger partial charge in [-0.2, -0.15) is 4.31 Å². The monoisotopic (exact) mass is 386 g/mol. The standard InChI is InChI=1S/C9H12Br2N2O3S/c1-13(2-3-14)17(15,16)9-7(11)4-6(10)5-8(9)12/h4-5,14H,2-3,12H2,1H3. The van der Waals surface area contributed by atoms with E-state index in [0.717, 1.165) is 4.31 Å². The van der Waals surface area contributed by atoms with Gasteiger partial charge in [0.05, 0.1) is 12.3 Å². The van der Waals surface area contributed by atoms with Gasteiger partial charge in [-0.1, -0.05) is 15.9 Å². The highest BCUT2D eigenvalue weighted by atomic mass is 79.9. The molecule has 8 heteroatoms. The normalized spacial score (nSPS) is 12.1. The van der Waals surface area contributed by atoms with Crippen LogP contribution in [0.2, 0.25) is 0 Å². The molecule has 0 unspecified atom stereocenters. The SMILES string of the molecule is CN(CCO)S(=O)(=O)c1c(N)cc(Br)cc1Br. The minimum Gasteiger partial charge on any atom is -0.398 e. The maximum atomic E-state index is 12.2. The number of likely N-dealkylation sites (N-methyl/N-ethyl adjacent to an activating group) is 1. The molecule has 0 fully saturated rings. The van der Waals surface area contributed by atoms with Gasteiger partial charge in [-0.25, -0.2) is 8.42 Å². The lowest BCUT2D eigenvalue weighted by molar-refractivity contribution is 0.266. The van der Waals surface area contributed by atoms with Crippen molar-refractivity contribution in [1.82, 2.24) is 4.31 Å². The minimum atomic E-state index is -3.70. The molecule has 0 amide bonds. The average molecular weight is 388 g/mol. The maximum absolute atomic E-state index is 12.2. The smallest absolute Gasteiger partial charge is 0.246 e. The first-order valence-corrected chi connectivity index (χ1v) is 7.65. The van der Waals surface area contributed by atoms with E-state index in [1.54, 1.807) is 6.07 Å². The molecule has 5 nitrogen and oxygen atoms in total. The Labute approximate surface area is 117 Å². The van der Waals surface area contributed by atoms with Gasteiger partial charge >= 0.3 is 0 Å². The number of nitrogens with two attached hydrogens (primary N) is 1. The highest BCUT2D eigenvalue weighted by molar-refractivity contribution is 9.11. The fourth-order valence-electron chi connectivity index (χ4n) is 1.27. The van der Waals surface area contributed by atoms with E-state index in [2.05, 4.69) is 31.9 Å². The summed E-state index contributed by atoms with van der Waals surface area (Å²) in [5.74, 6) is 0. The van der Waals surface area contributed by atoms with Crippen LogP contribution in [0.5, 0.6) is 0 Å². The number of hydrogen-bond acceptors (Lipinski definition) is 4. The van der Waals surface area contributed by atoms with Crippen LogP contribution in [0.1, 0.15) is 0 Å². The second-order valence-electron chi connectivity index (χ2n) is 3.36. The molecule has 0 bridgehead atoms. The molecule has 0 aliphatic heterocycles. The van der Waals surface area contributed by atoms with Crippen molar-refractivity contribution < 1.29 is 13.5 Å². The van der Waals surface area contributed by atoms with Gasteiger partial charge in [0, 0.05) is 22.5 Å². The van der Waals surface area contributed by atoms with Crippen molar-refractivity contribution in [2.75, 3.05) is 25.9 Å². The second-order valence-corrected chi connectivity index (χ2v) is 7.11. The number of anilines is 1.